The number of ether oxygens (including phenoxy) is 1. The first-order valence-corrected chi connectivity index (χ1v) is 5.82. The van der Waals surface area contributed by atoms with Crippen molar-refractivity contribution in [3.05, 3.63) is 0 Å². The van der Waals surface area contributed by atoms with Crippen LogP contribution in [-0.2, 0) is 9.53 Å². The lowest BCUT2D eigenvalue weighted by atomic mass is 9.97. The summed E-state index contributed by atoms with van der Waals surface area (Å²) in [5.41, 5.74) is -0.579. The van der Waals surface area contributed by atoms with Gasteiger partial charge >= 0.3 is 5.97 Å². The van der Waals surface area contributed by atoms with Gasteiger partial charge in [-0.2, -0.15) is 0 Å². The molecule has 0 fully saturated rings. The molecule has 0 aromatic heterocycles. The van der Waals surface area contributed by atoms with Crippen molar-refractivity contribution in [3.63, 3.8) is 0 Å². The van der Waals surface area contributed by atoms with Crippen molar-refractivity contribution in [2.45, 2.75) is 66.5 Å². The van der Waals surface area contributed by atoms with E-state index in [-0.39, 0.29) is 17.6 Å². The summed E-state index contributed by atoms with van der Waals surface area (Å²) >= 11 is 0. The van der Waals surface area contributed by atoms with E-state index in [9.17, 15) is 4.79 Å². The van der Waals surface area contributed by atoms with Crippen molar-refractivity contribution in [2.75, 3.05) is 0 Å². The zero-order valence-corrected chi connectivity index (χ0v) is 11.6. The van der Waals surface area contributed by atoms with Crippen molar-refractivity contribution >= 4 is 12.2 Å². The van der Waals surface area contributed by atoms with E-state index in [0.717, 1.165) is 6.42 Å². The largest absolute Gasteiger partial charge is 0.456 e. The van der Waals surface area contributed by atoms with Gasteiger partial charge in [0.15, 0.2) is 0 Å². The van der Waals surface area contributed by atoms with Crippen LogP contribution in [0.4, 0.5) is 0 Å². The zero-order chi connectivity index (χ0) is 13.0. The molecule has 0 aromatic carbocycles. The second-order valence-corrected chi connectivity index (χ2v) is 6.05. The Morgan fingerprint density at radius 1 is 1.25 bits per heavy atom. The number of hydrogen-bond acceptors (Lipinski definition) is 3. The van der Waals surface area contributed by atoms with Gasteiger partial charge in [-0.05, 0) is 48.0 Å². The summed E-state index contributed by atoms with van der Waals surface area (Å²) in [6, 6.07) is 0. The van der Waals surface area contributed by atoms with Crippen molar-refractivity contribution in [1.29, 1.82) is 0 Å². The molecule has 0 aliphatic heterocycles. The summed E-state index contributed by atoms with van der Waals surface area (Å²) in [5, 5.41) is 0. The fraction of sp³-hybridized carbons (Fsp3) is 0.846. The fourth-order valence-electron chi connectivity index (χ4n) is 0.840. The lowest BCUT2D eigenvalue weighted by Crippen LogP contribution is -2.29. The molecule has 3 heteroatoms. The van der Waals surface area contributed by atoms with Gasteiger partial charge in [0.2, 0.25) is 0 Å². The van der Waals surface area contributed by atoms with Crippen LogP contribution in [0.1, 0.15) is 54.9 Å². The molecule has 94 valence electrons. The maximum atomic E-state index is 11.7. The highest BCUT2D eigenvalue weighted by Gasteiger charge is 2.25. The Bertz CT molecular complexity index is 256. The number of nitrogens with zero attached hydrogens (tertiary/aromatic N) is 1. The van der Waals surface area contributed by atoms with Crippen molar-refractivity contribution < 1.29 is 9.53 Å². The number of carbonyl (C=O) groups excluding carboxylic acids is 1. The molecule has 0 bridgehead atoms. The van der Waals surface area contributed by atoms with Gasteiger partial charge in [0.05, 0.1) is 11.0 Å². The van der Waals surface area contributed by atoms with Gasteiger partial charge in [0.25, 0.3) is 0 Å². The van der Waals surface area contributed by atoms with Gasteiger partial charge in [-0.25, -0.2) is 0 Å². The molecular formula is C13H25NO2. The van der Waals surface area contributed by atoms with E-state index in [2.05, 4.69) is 4.99 Å². The molecule has 0 saturated carbocycles. The second-order valence-electron chi connectivity index (χ2n) is 6.05. The molecule has 0 amide bonds. The molecule has 3 nitrogen and oxygen atoms in total. The first-order valence-electron chi connectivity index (χ1n) is 5.82. The summed E-state index contributed by atoms with van der Waals surface area (Å²) in [6.45, 7) is 13.6. The molecule has 16 heavy (non-hydrogen) atoms. The second kappa shape index (κ2) is 5.46. The summed E-state index contributed by atoms with van der Waals surface area (Å²) < 4.78 is 5.37. The van der Waals surface area contributed by atoms with E-state index < -0.39 is 5.41 Å². The lowest BCUT2D eigenvalue weighted by molar-refractivity contribution is -0.155. The SMILES string of the molecule is CCC(C=NC(C)(C)C)OC(=O)C(C)(C)C. The van der Waals surface area contributed by atoms with Crippen molar-refractivity contribution in [1.82, 2.24) is 0 Å². The average Bonchev–Trinajstić information content (AvgIpc) is 2.08. The molecule has 0 N–H and O–H groups in total. The van der Waals surface area contributed by atoms with E-state index >= 15 is 0 Å². The van der Waals surface area contributed by atoms with Gasteiger partial charge < -0.3 is 4.74 Å². The minimum absolute atomic E-state index is 0.123. The quantitative estimate of drug-likeness (QED) is 0.548. The molecule has 0 spiro atoms. The van der Waals surface area contributed by atoms with Crippen molar-refractivity contribution in [3.8, 4) is 0 Å². The predicted molar refractivity (Wildman–Crippen MR) is 67.9 cm³/mol. The maximum absolute atomic E-state index is 11.7. The van der Waals surface area contributed by atoms with Gasteiger partial charge in [-0.3, -0.25) is 9.79 Å². The van der Waals surface area contributed by atoms with E-state index in [1.54, 1.807) is 6.21 Å². The topological polar surface area (TPSA) is 38.7 Å². The molecule has 0 aliphatic carbocycles. The molecule has 0 aromatic rings. The highest BCUT2D eigenvalue weighted by Crippen LogP contribution is 2.17. The Kier molecular flexibility index (Phi) is 5.17. The zero-order valence-electron chi connectivity index (χ0n) is 11.6. The van der Waals surface area contributed by atoms with Crippen LogP contribution >= 0.6 is 0 Å². The maximum Gasteiger partial charge on any atom is 0.311 e. The van der Waals surface area contributed by atoms with Crippen LogP contribution < -0.4 is 0 Å². The fourth-order valence-corrected chi connectivity index (χ4v) is 0.840. The number of hydrogen-bond donors (Lipinski definition) is 0. The van der Waals surface area contributed by atoms with E-state index in [4.69, 9.17) is 4.74 Å². The summed E-state index contributed by atoms with van der Waals surface area (Å²) in [7, 11) is 0. The summed E-state index contributed by atoms with van der Waals surface area (Å²) in [6.07, 6.45) is 2.27. The van der Waals surface area contributed by atoms with Crippen LogP contribution in [0, 0.1) is 5.41 Å². The number of aliphatic imine (C=N–C) groups is 1. The van der Waals surface area contributed by atoms with Crippen LogP contribution in [0.25, 0.3) is 0 Å². The highest BCUT2D eigenvalue weighted by atomic mass is 16.5. The Morgan fingerprint density at radius 3 is 2.06 bits per heavy atom. The molecule has 1 unspecified atom stereocenters. The minimum atomic E-state index is -0.455. The average molecular weight is 227 g/mol. The van der Waals surface area contributed by atoms with E-state index in [0.29, 0.717) is 0 Å². The smallest absolute Gasteiger partial charge is 0.311 e. The van der Waals surface area contributed by atoms with Gasteiger partial charge in [0.1, 0.15) is 6.10 Å². The number of rotatable bonds is 3. The molecule has 0 heterocycles. The molecule has 0 saturated heterocycles. The minimum Gasteiger partial charge on any atom is -0.456 e. The predicted octanol–water partition coefficient (Wildman–Crippen LogP) is 3.22. The Morgan fingerprint density at radius 2 is 1.75 bits per heavy atom. The molecule has 0 aliphatic rings. The molecule has 1 atom stereocenters. The molecular weight excluding hydrogens is 202 g/mol. The van der Waals surface area contributed by atoms with Gasteiger partial charge in [-0.1, -0.05) is 6.92 Å². The summed E-state index contributed by atoms with van der Waals surface area (Å²) in [5.74, 6) is -0.181. The van der Waals surface area contributed by atoms with Crippen LogP contribution in [-0.4, -0.2) is 23.8 Å². The van der Waals surface area contributed by atoms with Crippen LogP contribution in [0.15, 0.2) is 4.99 Å². The van der Waals surface area contributed by atoms with Gasteiger partial charge in [0, 0.05) is 6.21 Å². The summed E-state index contributed by atoms with van der Waals surface area (Å²) in [4.78, 5) is 16.0. The van der Waals surface area contributed by atoms with E-state index in [1.807, 2.05) is 48.5 Å². The van der Waals surface area contributed by atoms with E-state index in [1.165, 1.54) is 0 Å². The Hall–Kier alpha value is -0.860. The lowest BCUT2D eigenvalue weighted by Gasteiger charge is -2.21. The molecule has 0 rings (SSSR count). The van der Waals surface area contributed by atoms with Crippen LogP contribution in [0.5, 0.6) is 0 Å². The number of esters is 1. The van der Waals surface area contributed by atoms with Crippen molar-refractivity contribution in [2.24, 2.45) is 10.4 Å². The van der Waals surface area contributed by atoms with Crippen LogP contribution in [0.2, 0.25) is 0 Å². The first kappa shape index (κ1) is 15.1. The highest BCUT2D eigenvalue weighted by molar-refractivity contribution is 5.78. The third kappa shape index (κ3) is 6.59. The normalized spacial score (nSPS) is 15.2. The first-order chi connectivity index (χ1) is 7.06. The van der Waals surface area contributed by atoms with Crippen LogP contribution in [0.3, 0.4) is 0 Å². The Labute approximate surface area is 99.3 Å². The number of carbonyl (C=O) groups is 1. The third-order valence-corrected chi connectivity index (χ3v) is 1.90. The Balaban J connectivity index is 4.44. The standard InChI is InChI=1S/C13H25NO2/c1-8-10(9-14-13(5,6)7)16-11(15)12(2,3)4/h9-10H,8H2,1-7H3. The third-order valence-electron chi connectivity index (χ3n) is 1.90. The monoisotopic (exact) mass is 227 g/mol. The van der Waals surface area contributed by atoms with Gasteiger partial charge in [-0.15, -0.1) is 0 Å². The molecule has 0 radical (unpaired) electrons.